The Balaban J connectivity index is 2.66. The maximum atomic E-state index is 7.82. The van der Waals surface area contributed by atoms with Crippen LogP contribution in [0.5, 0.6) is 0 Å². The van der Waals surface area contributed by atoms with Gasteiger partial charge in [-0.25, -0.2) is 4.85 Å². The van der Waals surface area contributed by atoms with E-state index < -0.39 is 8.07 Å². The molecule has 0 heterocycles. The Bertz CT molecular complexity index is 1250. The fourth-order valence-electron chi connectivity index (χ4n) is 4.98. The summed E-state index contributed by atoms with van der Waals surface area (Å²) in [6.07, 6.45) is 12.1. The Labute approximate surface area is 248 Å². The van der Waals surface area contributed by atoms with Gasteiger partial charge in [-0.3, -0.25) is 0 Å². The van der Waals surface area contributed by atoms with Crippen molar-refractivity contribution in [1.29, 1.82) is 0 Å². The minimum atomic E-state index is -1.48. The lowest BCUT2D eigenvalue weighted by Crippen LogP contribution is -2.16. The molecule has 40 heavy (non-hydrogen) atoms. The number of hydrogen-bond acceptors (Lipinski definition) is 0. The number of hydrogen-bond donors (Lipinski definition) is 0. The topological polar surface area (TPSA) is 4.36 Å². The summed E-state index contributed by atoms with van der Waals surface area (Å²) >= 11 is 0. The van der Waals surface area contributed by atoms with Crippen LogP contribution in [0.25, 0.3) is 4.85 Å². The molecule has 0 bridgehead atoms. The van der Waals surface area contributed by atoms with Gasteiger partial charge >= 0.3 is 0 Å². The van der Waals surface area contributed by atoms with Crippen LogP contribution >= 0.6 is 0 Å². The van der Waals surface area contributed by atoms with E-state index in [-0.39, 0.29) is 11.8 Å². The average Bonchev–Trinajstić information content (AvgIpc) is 2.90. The van der Waals surface area contributed by atoms with E-state index in [9.17, 15) is 0 Å². The highest BCUT2D eigenvalue weighted by molar-refractivity contribution is 6.83. The van der Waals surface area contributed by atoms with Gasteiger partial charge < -0.3 is 0 Å². The molecule has 0 atom stereocenters. The van der Waals surface area contributed by atoms with Crippen LogP contribution in [-0.4, -0.2) is 8.07 Å². The van der Waals surface area contributed by atoms with Gasteiger partial charge in [0.15, 0.2) is 5.69 Å². The van der Waals surface area contributed by atoms with Crippen molar-refractivity contribution in [3.05, 3.63) is 74.6 Å². The highest BCUT2D eigenvalue weighted by atomic mass is 28.3. The second-order valence-corrected chi connectivity index (χ2v) is 17.7. The van der Waals surface area contributed by atoms with Crippen LogP contribution in [0.3, 0.4) is 0 Å². The highest BCUT2D eigenvalue weighted by Crippen LogP contribution is 2.36. The smallest absolute Gasteiger partial charge is 0.194 e. The monoisotopic (exact) mass is 551 g/mol. The summed E-state index contributed by atoms with van der Waals surface area (Å²) in [5.74, 6) is 11.4. The zero-order valence-electron chi connectivity index (χ0n) is 27.0. The molecule has 214 valence electrons. The van der Waals surface area contributed by atoms with Crippen LogP contribution < -0.4 is 0 Å². The Morgan fingerprint density at radius 2 is 1.15 bits per heavy atom. The van der Waals surface area contributed by atoms with Crippen molar-refractivity contribution in [1.82, 2.24) is 0 Å². The standard InChI is InChI=1S/C38H53NSi/c1-11-13-15-17-19-32-28-35(23-24-40(8,9)10)33(20-18-16-14-12-2)27-34(32)22-21-31-25-36(29(3)4)38(39-7)37(26-31)30(5)6/h25-30H,11-20H2,1-6,8-10H3. The van der Waals surface area contributed by atoms with Gasteiger partial charge in [0, 0.05) is 16.7 Å². The van der Waals surface area contributed by atoms with Gasteiger partial charge in [0.25, 0.3) is 0 Å². The minimum Gasteiger partial charge on any atom is -0.238 e. The van der Waals surface area contributed by atoms with Gasteiger partial charge in [-0.15, -0.1) is 5.54 Å². The third-order valence-corrected chi connectivity index (χ3v) is 8.24. The molecular formula is C38H53NSi. The lowest BCUT2D eigenvalue weighted by Gasteiger charge is -2.16. The fourth-order valence-corrected chi connectivity index (χ4v) is 5.49. The van der Waals surface area contributed by atoms with Gasteiger partial charge in [-0.2, -0.15) is 0 Å². The molecule has 0 aromatic heterocycles. The van der Waals surface area contributed by atoms with Crippen molar-refractivity contribution in [2.75, 3.05) is 0 Å². The second-order valence-electron chi connectivity index (χ2n) is 13.0. The fraction of sp³-hybridized carbons (Fsp3) is 0.553. The van der Waals surface area contributed by atoms with Crippen LogP contribution in [0.15, 0.2) is 24.3 Å². The molecule has 0 radical (unpaired) electrons. The first-order valence-electron chi connectivity index (χ1n) is 15.8. The molecular weight excluding hydrogens is 499 g/mol. The van der Waals surface area contributed by atoms with Gasteiger partial charge in [0.05, 0.1) is 6.57 Å². The van der Waals surface area contributed by atoms with Gasteiger partial charge in [-0.1, -0.05) is 130 Å². The molecule has 0 saturated carbocycles. The summed E-state index contributed by atoms with van der Waals surface area (Å²) in [6.45, 7) is 28.0. The molecule has 2 aromatic rings. The summed E-state index contributed by atoms with van der Waals surface area (Å²) < 4.78 is 0. The number of rotatable bonds is 12. The van der Waals surface area contributed by atoms with E-state index in [1.165, 1.54) is 68.1 Å². The SMILES string of the molecule is [C-]#[N+]c1c(C(C)C)cc(C#Cc2cc(CCCCCC)c(C#C[Si](C)(C)C)cc2CCCCCC)cc1C(C)C. The van der Waals surface area contributed by atoms with Crippen LogP contribution in [0.1, 0.15) is 144 Å². The first kappa shape index (κ1) is 33.5. The van der Waals surface area contributed by atoms with Crippen molar-refractivity contribution in [2.45, 2.75) is 137 Å². The maximum absolute atomic E-state index is 7.82. The third kappa shape index (κ3) is 10.7. The second kappa shape index (κ2) is 16.5. The molecule has 0 amide bonds. The third-order valence-electron chi connectivity index (χ3n) is 7.37. The van der Waals surface area contributed by atoms with Crippen LogP contribution in [-0.2, 0) is 12.8 Å². The molecule has 0 unspecified atom stereocenters. The van der Waals surface area contributed by atoms with Crippen molar-refractivity contribution < 1.29 is 0 Å². The quantitative estimate of drug-likeness (QED) is 0.107. The van der Waals surface area contributed by atoms with E-state index >= 15 is 0 Å². The van der Waals surface area contributed by atoms with E-state index in [1.54, 1.807) is 0 Å². The number of nitrogens with zero attached hydrogens (tertiary/aromatic N) is 1. The van der Waals surface area contributed by atoms with Crippen molar-refractivity contribution >= 4 is 13.8 Å². The molecule has 0 aliphatic heterocycles. The van der Waals surface area contributed by atoms with Crippen LogP contribution in [0.2, 0.25) is 19.6 Å². The highest BCUT2D eigenvalue weighted by Gasteiger charge is 2.16. The van der Waals surface area contributed by atoms with E-state index in [1.807, 2.05) is 0 Å². The van der Waals surface area contributed by atoms with Crippen molar-refractivity contribution in [2.24, 2.45) is 0 Å². The van der Waals surface area contributed by atoms with Crippen LogP contribution in [0.4, 0.5) is 5.69 Å². The number of aryl methyl sites for hydroxylation is 2. The Morgan fingerprint density at radius 1 is 0.675 bits per heavy atom. The lowest BCUT2D eigenvalue weighted by molar-refractivity contribution is 0.662. The van der Waals surface area contributed by atoms with Gasteiger partial charge in [0.2, 0.25) is 0 Å². The van der Waals surface area contributed by atoms with Gasteiger partial charge in [0.1, 0.15) is 8.07 Å². The van der Waals surface area contributed by atoms with E-state index in [0.717, 1.165) is 40.8 Å². The predicted molar refractivity (Wildman–Crippen MR) is 179 cm³/mol. The summed E-state index contributed by atoms with van der Waals surface area (Å²) in [5.41, 5.74) is 12.8. The number of unbranched alkanes of at least 4 members (excludes halogenated alkanes) is 6. The zero-order valence-corrected chi connectivity index (χ0v) is 28.0. The van der Waals surface area contributed by atoms with E-state index in [0.29, 0.717) is 0 Å². The molecule has 2 heteroatoms. The first-order valence-corrected chi connectivity index (χ1v) is 19.3. The van der Waals surface area contributed by atoms with E-state index in [2.05, 4.69) is 114 Å². The van der Waals surface area contributed by atoms with E-state index in [4.69, 9.17) is 6.57 Å². The maximum Gasteiger partial charge on any atom is 0.194 e. The van der Waals surface area contributed by atoms with Crippen LogP contribution in [0, 0.1) is 29.9 Å². The molecule has 2 aromatic carbocycles. The average molecular weight is 552 g/mol. The van der Waals surface area contributed by atoms with Gasteiger partial charge in [-0.05, 0) is 71.9 Å². The van der Waals surface area contributed by atoms with Crippen molar-refractivity contribution in [3.63, 3.8) is 0 Å². The minimum absolute atomic E-state index is 0.288. The molecule has 0 N–H and O–H groups in total. The molecule has 0 spiro atoms. The normalized spacial score (nSPS) is 11.2. The first-order chi connectivity index (χ1) is 19.0. The Morgan fingerprint density at radius 3 is 1.55 bits per heavy atom. The summed E-state index contributed by atoms with van der Waals surface area (Å²) in [4.78, 5) is 3.92. The summed E-state index contributed by atoms with van der Waals surface area (Å²) in [5, 5.41) is 0. The molecule has 0 aliphatic rings. The molecule has 0 saturated heterocycles. The largest absolute Gasteiger partial charge is 0.238 e. The van der Waals surface area contributed by atoms with Crippen molar-refractivity contribution in [3.8, 4) is 23.3 Å². The Kier molecular flexibility index (Phi) is 13.8. The summed E-state index contributed by atoms with van der Waals surface area (Å²) in [6, 6.07) is 9.04. The Hall–Kier alpha value is -2.73. The predicted octanol–water partition coefficient (Wildman–Crippen LogP) is 11.4. The number of benzene rings is 2. The molecule has 0 aliphatic carbocycles. The molecule has 2 rings (SSSR count). The molecule has 1 nitrogen and oxygen atoms in total. The lowest BCUT2D eigenvalue weighted by atomic mass is 9.90. The molecule has 0 fully saturated rings. The zero-order chi connectivity index (χ0) is 29.7. The summed E-state index contributed by atoms with van der Waals surface area (Å²) in [7, 11) is -1.48.